The van der Waals surface area contributed by atoms with Crippen LogP contribution in [0.1, 0.15) is 37.2 Å². The molecule has 1 unspecified atom stereocenters. The maximum Gasteiger partial charge on any atom is 0.232 e. The summed E-state index contributed by atoms with van der Waals surface area (Å²) >= 11 is 12.4. The molecule has 1 amide bonds. The summed E-state index contributed by atoms with van der Waals surface area (Å²) in [5, 5.41) is 0.877. The molecule has 0 aromatic heterocycles. The normalized spacial score (nSPS) is 19.1. The molecule has 0 bridgehead atoms. The zero-order valence-corrected chi connectivity index (χ0v) is 18.2. The first-order valence-electron chi connectivity index (χ1n) is 9.70. The number of hydrogen-bond acceptors (Lipinski definition) is 4. The number of ether oxygens (including phenoxy) is 2. The van der Waals surface area contributed by atoms with E-state index in [0.717, 1.165) is 11.3 Å². The van der Waals surface area contributed by atoms with Gasteiger partial charge in [-0.3, -0.25) is 14.5 Å². The zero-order valence-electron chi connectivity index (χ0n) is 16.7. The van der Waals surface area contributed by atoms with Crippen molar-refractivity contribution in [2.24, 2.45) is 0 Å². The van der Waals surface area contributed by atoms with Crippen molar-refractivity contribution in [2.75, 3.05) is 19.1 Å². The Bertz CT molecular complexity index is 1040. The molecule has 1 aliphatic carbocycles. The first-order valence-corrected chi connectivity index (χ1v) is 10.5. The average molecular weight is 446 g/mol. The van der Waals surface area contributed by atoms with Gasteiger partial charge in [-0.25, -0.2) is 0 Å². The second kappa shape index (κ2) is 8.32. The highest BCUT2D eigenvalue weighted by Gasteiger charge is 2.40. The number of anilines is 1. The molecule has 0 spiro atoms. The van der Waals surface area contributed by atoms with Gasteiger partial charge in [0.05, 0.1) is 19.9 Å². The van der Waals surface area contributed by atoms with Gasteiger partial charge in [0.2, 0.25) is 5.91 Å². The lowest BCUT2D eigenvalue weighted by Gasteiger charge is -2.38. The molecule has 4 rings (SSSR count). The molecule has 0 saturated carbocycles. The highest BCUT2D eigenvalue weighted by Crippen LogP contribution is 2.46. The van der Waals surface area contributed by atoms with Crippen molar-refractivity contribution in [3.63, 3.8) is 0 Å². The number of nitrogens with zero attached hydrogens (tertiary/aromatic N) is 1. The van der Waals surface area contributed by atoms with E-state index in [4.69, 9.17) is 32.7 Å². The third-order valence-electron chi connectivity index (χ3n) is 5.60. The molecule has 1 heterocycles. The van der Waals surface area contributed by atoms with Crippen molar-refractivity contribution >= 4 is 40.6 Å². The lowest BCUT2D eigenvalue weighted by molar-refractivity contribution is -0.119. The van der Waals surface area contributed by atoms with Crippen LogP contribution in [-0.2, 0) is 9.59 Å². The topological polar surface area (TPSA) is 55.8 Å². The fraction of sp³-hybridized carbons (Fsp3) is 0.304. The van der Waals surface area contributed by atoms with Crippen molar-refractivity contribution in [1.29, 1.82) is 0 Å². The fourth-order valence-corrected chi connectivity index (χ4v) is 4.85. The van der Waals surface area contributed by atoms with Crippen LogP contribution in [0.4, 0.5) is 5.69 Å². The number of halogens is 2. The van der Waals surface area contributed by atoms with Gasteiger partial charge in [-0.05, 0) is 37.1 Å². The monoisotopic (exact) mass is 445 g/mol. The number of hydrogen-bond donors (Lipinski definition) is 0. The summed E-state index contributed by atoms with van der Waals surface area (Å²) in [5.41, 5.74) is 2.78. The Morgan fingerprint density at radius 3 is 2.37 bits per heavy atom. The van der Waals surface area contributed by atoms with Crippen LogP contribution in [0.5, 0.6) is 11.5 Å². The lowest BCUT2D eigenvalue weighted by Crippen LogP contribution is -2.40. The van der Waals surface area contributed by atoms with E-state index in [1.165, 1.54) is 0 Å². The van der Waals surface area contributed by atoms with E-state index in [0.29, 0.717) is 52.1 Å². The molecule has 1 atom stereocenters. The van der Waals surface area contributed by atoms with Gasteiger partial charge in [0.25, 0.3) is 0 Å². The SMILES string of the molecule is COc1ccc(C2CC(=O)N(c3cc(Cl)cc(Cl)c3)C3=C2C(=O)CCC3)c(OC)c1. The minimum atomic E-state index is -0.368. The van der Waals surface area contributed by atoms with Crippen molar-refractivity contribution in [3.05, 3.63) is 63.3 Å². The van der Waals surface area contributed by atoms with Crippen LogP contribution in [0.15, 0.2) is 47.7 Å². The van der Waals surface area contributed by atoms with Gasteiger partial charge in [-0.2, -0.15) is 0 Å². The second-order valence-corrected chi connectivity index (χ2v) is 8.23. The van der Waals surface area contributed by atoms with E-state index in [-0.39, 0.29) is 24.0 Å². The van der Waals surface area contributed by atoms with E-state index < -0.39 is 0 Å². The molecule has 2 aromatic carbocycles. The molecular formula is C23H21Cl2NO4. The van der Waals surface area contributed by atoms with Crippen molar-refractivity contribution in [1.82, 2.24) is 0 Å². The Morgan fingerprint density at radius 2 is 1.70 bits per heavy atom. The molecule has 2 aromatic rings. The maximum atomic E-state index is 13.3. The molecule has 1 aliphatic heterocycles. The van der Waals surface area contributed by atoms with E-state index in [1.807, 2.05) is 12.1 Å². The predicted octanol–water partition coefficient (Wildman–Crippen LogP) is 5.54. The number of methoxy groups -OCH3 is 2. The summed E-state index contributed by atoms with van der Waals surface area (Å²) < 4.78 is 10.8. The minimum absolute atomic E-state index is 0.0600. The summed E-state index contributed by atoms with van der Waals surface area (Å²) in [6.45, 7) is 0. The van der Waals surface area contributed by atoms with Crippen LogP contribution in [0.2, 0.25) is 10.0 Å². The maximum absolute atomic E-state index is 13.3. The molecule has 0 N–H and O–H groups in total. The molecule has 7 heteroatoms. The Hall–Kier alpha value is -2.50. The van der Waals surface area contributed by atoms with Crippen LogP contribution in [-0.4, -0.2) is 25.9 Å². The Morgan fingerprint density at radius 1 is 0.967 bits per heavy atom. The summed E-state index contributed by atoms with van der Waals surface area (Å²) in [5.74, 6) is 0.829. The summed E-state index contributed by atoms with van der Waals surface area (Å²) in [6.07, 6.45) is 1.94. The number of amides is 1. The molecule has 156 valence electrons. The average Bonchev–Trinajstić information content (AvgIpc) is 2.72. The predicted molar refractivity (Wildman–Crippen MR) is 117 cm³/mol. The number of benzene rings is 2. The Balaban J connectivity index is 1.88. The number of rotatable bonds is 4. The van der Waals surface area contributed by atoms with Crippen molar-refractivity contribution < 1.29 is 19.1 Å². The van der Waals surface area contributed by atoms with Crippen LogP contribution in [0, 0.1) is 0 Å². The minimum Gasteiger partial charge on any atom is -0.497 e. The summed E-state index contributed by atoms with van der Waals surface area (Å²) in [6, 6.07) is 10.5. The number of carbonyl (C=O) groups excluding carboxylic acids is 2. The van der Waals surface area contributed by atoms with Gasteiger partial charge >= 0.3 is 0 Å². The van der Waals surface area contributed by atoms with Crippen LogP contribution >= 0.6 is 23.2 Å². The highest BCUT2D eigenvalue weighted by atomic mass is 35.5. The molecule has 0 fully saturated rings. The van der Waals surface area contributed by atoms with E-state index in [9.17, 15) is 9.59 Å². The molecule has 0 radical (unpaired) electrons. The highest BCUT2D eigenvalue weighted by molar-refractivity contribution is 6.35. The van der Waals surface area contributed by atoms with Crippen molar-refractivity contribution in [2.45, 2.75) is 31.6 Å². The van der Waals surface area contributed by atoms with Gasteiger partial charge in [0.1, 0.15) is 11.5 Å². The zero-order chi connectivity index (χ0) is 21.4. The number of carbonyl (C=O) groups is 2. The van der Waals surface area contributed by atoms with E-state index in [1.54, 1.807) is 43.4 Å². The van der Waals surface area contributed by atoms with Gasteiger partial charge in [0.15, 0.2) is 5.78 Å². The van der Waals surface area contributed by atoms with Gasteiger partial charge < -0.3 is 9.47 Å². The number of allylic oxidation sites excluding steroid dienone is 2. The second-order valence-electron chi connectivity index (χ2n) is 7.36. The third-order valence-corrected chi connectivity index (χ3v) is 6.03. The molecular weight excluding hydrogens is 425 g/mol. The van der Waals surface area contributed by atoms with E-state index >= 15 is 0 Å². The van der Waals surface area contributed by atoms with Gasteiger partial charge in [-0.1, -0.05) is 29.3 Å². The Kier molecular flexibility index (Phi) is 5.76. The van der Waals surface area contributed by atoms with Crippen LogP contribution < -0.4 is 14.4 Å². The third kappa shape index (κ3) is 3.68. The largest absolute Gasteiger partial charge is 0.497 e. The lowest BCUT2D eigenvalue weighted by atomic mass is 9.77. The first-order chi connectivity index (χ1) is 14.4. The van der Waals surface area contributed by atoms with E-state index in [2.05, 4.69) is 0 Å². The molecule has 30 heavy (non-hydrogen) atoms. The smallest absolute Gasteiger partial charge is 0.232 e. The molecule has 5 nitrogen and oxygen atoms in total. The number of ketones is 1. The van der Waals surface area contributed by atoms with Crippen molar-refractivity contribution in [3.8, 4) is 11.5 Å². The molecule has 2 aliphatic rings. The van der Waals surface area contributed by atoms with Gasteiger partial charge in [0, 0.05) is 51.7 Å². The van der Waals surface area contributed by atoms with Gasteiger partial charge in [-0.15, -0.1) is 0 Å². The Labute approximate surface area is 185 Å². The summed E-state index contributed by atoms with van der Waals surface area (Å²) in [4.78, 5) is 28.0. The van der Waals surface area contributed by atoms with Crippen LogP contribution in [0.3, 0.4) is 0 Å². The standard InChI is InChI=1S/C23H21Cl2NO4/c1-29-16-6-7-17(21(11-16)30-2)18-12-22(28)26(15-9-13(24)8-14(25)10-15)19-4-3-5-20(27)23(18)19/h6-11,18H,3-5,12H2,1-2H3. The quantitative estimate of drug-likeness (QED) is 0.619. The van der Waals surface area contributed by atoms with Crippen LogP contribution in [0.25, 0.3) is 0 Å². The fourth-order valence-electron chi connectivity index (χ4n) is 4.33. The first kappa shape index (κ1) is 20.8. The number of Topliss-reactive ketones (excluding diaryl/α,β-unsaturated/α-hetero) is 1. The summed E-state index contributed by atoms with van der Waals surface area (Å²) in [7, 11) is 3.15. The molecule has 0 saturated heterocycles.